The summed E-state index contributed by atoms with van der Waals surface area (Å²) in [5, 5.41) is 19.5. The Hall–Kier alpha value is -3.77. The Bertz CT molecular complexity index is 1110. The molecule has 1 amide bonds. The van der Waals surface area contributed by atoms with Gasteiger partial charge in [-0.3, -0.25) is 9.78 Å². The first-order valence-corrected chi connectivity index (χ1v) is 9.46. The van der Waals surface area contributed by atoms with Gasteiger partial charge in [-0.15, -0.1) is 0 Å². The van der Waals surface area contributed by atoms with E-state index in [1.54, 1.807) is 0 Å². The van der Waals surface area contributed by atoms with Crippen LogP contribution in [0.5, 0.6) is 0 Å². The third-order valence-corrected chi connectivity index (χ3v) is 4.74. The van der Waals surface area contributed by atoms with Gasteiger partial charge < -0.3 is 10.0 Å². The summed E-state index contributed by atoms with van der Waals surface area (Å²) in [6.07, 6.45) is -5.27. The van der Waals surface area contributed by atoms with Crippen LogP contribution in [-0.4, -0.2) is 22.5 Å². The number of amides is 1. The average molecular weight is 443 g/mol. The first kappa shape index (κ1) is 22.9. The van der Waals surface area contributed by atoms with Crippen molar-refractivity contribution in [2.24, 2.45) is 0 Å². The van der Waals surface area contributed by atoms with Crippen molar-refractivity contribution in [1.82, 2.24) is 4.98 Å². The fourth-order valence-electron chi connectivity index (χ4n) is 2.98. The van der Waals surface area contributed by atoms with Crippen LogP contribution in [0.3, 0.4) is 0 Å². The van der Waals surface area contributed by atoms with Gasteiger partial charge in [0.1, 0.15) is 5.82 Å². The smallest absolute Gasteiger partial charge is 0.378 e. The van der Waals surface area contributed by atoms with E-state index in [0.29, 0.717) is 16.9 Å². The zero-order valence-electron chi connectivity index (χ0n) is 16.6. The summed E-state index contributed by atoms with van der Waals surface area (Å²) in [5.74, 6) is -1.24. The highest BCUT2D eigenvalue weighted by atomic mass is 19.4. The monoisotopic (exact) mass is 443 g/mol. The summed E-state index contributed by atoms with van der Waals surface area (Å²) in [7, 11) is 0. The number of alkyl halides is 3. The predicted molar refractivity (Wildman–Crippen MR) is 108 cm³/mol. The van der Waals surface area contributed by atoms with E-state index in [0.717, 1.165) is 24.4 Å². The molecule has 0 bridgehead atoms. The molecule has 0 unspecified atom stereocenters. The van der Waals surface area contributed by atoms with Crippen molar-refractivity contribution >= 4 is 11.6 Å². The van der Waals surface area contributed by atoms with Crippen LogP contribution in [-0.2, 0) is 17.4 Å². The molecular formula is C23H17F4N3O2. The largest absolute Gasteiger partial charge is 0.417 e. The molecule has 0 aliphatic heterocycles. The molecule has 0 fully saturated rings. The number of nitrogens with zero attached hydrogens (tertiary/aromatic N) is 3. The number of rotatable bonds is 6. The van der Waals surface area contributed by atoms with Gasteiger partial charge in [0.2, 0.25) is 0 Å². The van der Waals surface area contributed by atoms with Crippen molar-refractivity contribution in [2.75, 3.05) is 11.4 Å². The van der Waals surface area contributed by atoms with E-state index >= 15 is 0 Å². The van der Waals surface area contributed by atoms with E-state index in [9.17, 15) is 27.5 Å². The summed E-state index contributed by atoms with van der Waals surface area (Å²) in [5.41, 5.74) is 0.364. The molecule has 1 N–H and O–H groups in total. The fraction of sp³-hybridized carbons (Fsp3) is 0.174. The highest BCUT2D eigenvalue weighted by Gasteiger charge is 2.31. The quantitative estimate of drug-likeness (QED) is 0.572. The molecule has 3 aromatic rings. The summed E-state index contributed by atoms with van der Waals surface area (Å²) < 4.78 is 51.4. The average Bonchev–Trinajstić information content (AvgIpc) is 2.79. The number of anilines is 1. The van der Waals surface area contributed by atoms with E-state index in [2.05, 4.69) is 4.98 Å². The van der Waals surface area contributed by atoms with E-state index < -0.39 is 29.6 Å². The normalized spacial score (nSPS) is 12.1. The molecule has 0 saturated heterocycles. The molecular weight excluding hydrogens is 426 g/mol. The van der Waals surface area contributed by atoms with Crippen LogP contribution < -0.4 is 4.90 Å². The van der Waals surface area contributed by atoms with Crippen LogP contribution in [0.15, 0.2) is 66.9 Å². The zero-order valence-corrected chi connectivity index (χ0v) is 16.6. The Morgan fingerprint density at radius 3 is 2.25 bits per heavy atom. The second-order valence-electron chi connectivity index (χ2n) is 6.89. The van der Waals surface area contributed by atoms with Crippen molar-refractivity contribution < 1.29 is 27.5 Å². The molecule has 0 aliphatic rings. The molecule has 0 saturated carbocycles. The number of hydrogen-bond acceptors (Lipinski definition) is 4. The number of carbonyl (C=O) groups excluding carboxylic acids is 1. The first-order chi connectivity index (χ1) is 15.2. The minimum atomic E-state index is -4.50. The number of hydrogen-bond donors (Lipinski definition) is 1. The van der Waals surface area contributed by atoms with Crippen molar-refractivity contribution in [3.8, 4) is 6.07 Å². The lowest BCUT2D eigenvalue weighted by molar-refractivity contribution is -0.137. The standard InChI is InChI=1S/C23H17F4N3O2/c24-18-6-3-16(4-7-18)21(31)22(32)30(20-9-1-15(13-28)2-10-20)12-11-19-8-5-17(14-29-19)23(25,26)27/h1-10,14,21,31H,11-12H2/t21-/m0/s1. The molecule has 3 rings (SSSR count). The zero-order chi connectivity index (χ0) is 23.3. The minimum Gasteiger partial charge on any atom is -0.378 e. The Labute approximate surface area is 181 Å². The predicted octanol–water partition coefficient (Wildman–Crippen LogP) is 4.42. The number of pyridine rings is 1. The molecule has 1 heterocycles. The van der Waals surface area contributed by atoms with Gasteiger partial charge in [0, 0.05) is 30.5 Å². The fourth-order valence-corrected chi connectivity index (χ4v) is 2.98. The van der Waals surface area contributed by atoms with Gasteiger partial charge >= 0.3 is 6.18 Å². The lowest BCUT2D eigenvalue weighted by Gasteiger charge is -2.25. The van der Waals surface area contributed by atoms with Crippen molar-refractivity contribution in [1.29, 1.82) is 5.26 Å². The van der Waals surface area contributed by atoms with E-state index in [1.165, 1.54) is 47.4 Å². The van der Waals surface area contributed by atoms with Crippen molar-refractivity contribution in [2.45, 2.75) is 18.7 Å². The topological polar surface area (TPSA) is 77.2 Å². The van der Waals surface area contributed by atoms with Gasteiger partial charge in [-0.25, -0.2) is 4.39 Å². The Morgan fingerprint density at radius 1 is 1.06 bits per heavy atom. The van der Waals surface area contributed by atoms with Gasteiger partial charge in [-0.1, -0.05) is 12.1 Å². The molecule has 2 aromatic carbocycles. The molecule has 0 radical (unpaired) electrons. The molecule has 1 atom stereocenters. The molecule has 9 heteroatoms. The van der Waals surface area contributed by atoms with Crippen LogP contribution in [0.25, 0.3) is 0 Å². The molecule has 5 nitrogen and oxygen atoms in total. The number of carbonyl (C=O) groups is 1. The first-order valence-electron chi connectivity index (χ1n) is 9.46. The van der Waals surface area contributed by atoms with E-state index in [1.807, 2.05) is 6.07 Å². The lowest BCUT2D eigenvalue weighted by Crippen LogP contribution is -2.37. The number of halogens is 4. The van der Waals surface area contributed by atoms with Gasteiger partial charge in [-0.05, 0) is 54.1 Å². The van der Waals surface area contributed by atoms with Gasteiger partial charge in [-0.2, -0.15) is 18.4 Å². The molecule has 0 spiro atoms. The number of nitriles is 1. The van der Waals surface area contributed by atoms with Gasteiger partial charge in [0.05, 0.1) is 17.2 Å². The number of aliphatic hydroxyl groups is 1. The Balaban J connectivity index is 1.84. The molecule has 0 aliphatic carbocycles. The van der Waals surface area contributed by atoms with Crippen LogP contribution in [0.1, 0.15) is 28.5 Å². The number of aromatic nitrogens is 1. The van der Waals surface area contributed by atoms with Crippen LogP contribution >= 0.6 is 0 Å². The van der Waals surface area contributed by atoms with Crippen LogP contribution in [0.2, 0.25) is 0 Å². The second kappa shape index (κ2) is 9.58. The van der Waals surface area contributed by atoms with Crippen LogP contribution in [0.4, 0.5) is 23.2 Å². The van der Waals surface area contributed by atoms with Gasteiger partial charge in [0.25, 0.3) is 5.91 Å². The Kier molecular flexibility index (Phi) is 6.85. The van der Waals surface area contributed by atoms with E-state index in [-0.39, 0.29) is 18.5 Å². The summed E-state index contributed by atoms with van der Waals surface area (Å²) in [4.78, 5) is 18.1. The highest BCUT2D eigenvalue weighted by molar-refractivity contribution is 5.97. The maximum Gasteiger partial charge on any atom is 0.417 e. The number of benzene rings is 2. The van der Waals surface area contributed by atoms with Crippen molar-refractivity contribution in [3.05, 3.63) is 95.1 Å². The molecule has 1 aromatic heterocycles. The summed E-state index contributed by atoms with van der Waals surface area (Å²) >= 11 is 0. The highest BCUT2D eigenvalue weighted by Crippen LogP contribution is 2.28. The minimum absolute atomic E-state index is 0.00134. The summed E-state index contributed by atoms with van der Waals surface area (Å²) in [6.45, 7) is 0.00134. The van der Waals surface area contributed by atoms with Crippen molar-refractivity contribution in [3.63, 3.8) is 0 Å². The molecule has 164 valence electrons. The van der Waals surface area contributed by atoms with Crippen LogP contribution in [0, 0.1) is 17.1 Å². The Morgan fingerprint density at radius 2 is 1.72 bits per heavy atom. The summed E-state index contributed by atoms with van der Waals surface area (Å²) in [6, 6.07) is 14.9. The lowest BCUT2D eigenvalue weighted by atomic mass is 10.1. The second-order valence-corrected chi connectivity index (χ2v) is 6.89. The van der Waals surface area contributed by atoms with Gasteiger partial charge in [0.15, 0.2) is 6.10 Å². The SMILES string of the molecule is N#Cc1ccc(N(CCc2ccc(C(F)(F)F)cn2)C(=O)[C@@H](O)c2ccc(F)cc2)cc1. The third kappa shape index (κ3) is 5.47. The van der Waals surface area contributed by atoms with E-state index in [4.69, 9.17) is 5.26 Å². The third-order valence-electron chi connectivity index (χ3n) is 4.74. The number of aliphatic hydroxyl groups excluding tert-OH is 1. The maximum absolute atomic E-state index is 13.2. The molecule has 32 heavy (non-hydrogen) atoms. The maximum atomic E-state index is 13.2.